The molecule has 0 N–H and O–H groups in total. The number of para-hydroxylation sites is 1. The molecule has 20 heavy (non-hydrogen) atoms. The summed E-state index contributed by atoms with van der Waals surface area (Å²) in [6.07, 6.45) is 0. The zero-order valence-electron chi connectivity index (χ0n) is 10.7. The molecule has 3 rings (SSSR count). The second kappa shape index (κ2) is 5.52. The Kier molecular flexibility index (Phi) is 3.58. The maximum Gasteiger partial charge on any atom is 0.284 e. The second-order valence-electron chi connectivity index (χ2n) is 4.12. The van der Waals surface area contributed by atoms with Gasteiger partial charge in [0.05, 0.1) is 16.9 Å². The lowest BCUT2D eigenvalue weighted by Gasteiger charge is -2.18. The molecule has 6 heteroatoms. The van der Waals surface area contributed by atoms with E-state index >= 15 is 0 Å². The summed E-state index contributed by atoms with van der Waals surface area (Å²) in [6.45, 7) is 1.91. The predicted molar refractivity (Wildman–Crippen MR) is 81.9 cm³/mol. The third-order valence-corrected chi connectivity index (χ3v) is 4.20. The Balaban J connectivity index is 2.07. The van der Waals surface area contributed by atoms with Gasteiger partial charge in [0.25, 0.3) is 5.91 Å². The summed E-state index contributed by atoms with van der Waals surface area (Å²) < 4.78 is 0. The first-order chi connectivity index (χ1) is 9.75. The van der Waals surface area contributed by atoms with Crippen molar-refractivity contribution in [2.75, 3.05) is 4.90 Å². The van der Waals surface area contributed by atoms with Crippen LogP contribution in [0.2, 0.25) is 0 Å². The highest BCUT2D eigenvalue weighted by molar-refractivity contribution is 7.14. The third kappa shape index (κ3) is 2.48. The van der Waals surface area contributed by atoms with Crippen molar-refractivity contribution in [1.82, 2.24) is 9.97 Å². The number of nitrogens with zero attached hydrogens (tertiary/aromatic N) is 3. The summed E-state index contributed by atoms with van der Waals surface area (Å²) in [5, 5.41) is 4.34. The van der Waals surface area contributed by atoms with Gasteiger partial charge in [-0.1, -0.05) is 18.2 Å². The van der Waals surface area contributed by atoms with Crippen LogP contribution in [-0.2, 0) is 0 Å². The van der Waals surface area contributed by atoms with Crippen molar-refractivity contribution in [2.45, 2.75) is 6.92 Å². The highest BCUT2D eigenvalue weighted by Gasteiger charge is 2.23. The lowest BCUT2D eigenvalue weighted by molar-refractivity contribution is 0.0995. The molecule has 3 aromatic rings. The standard InChI is InChI=1S/C14H11N3OS2/c1-10-7-20-14(16-10)17(11-5-3-2-4-6-11)13(18)12-8-19-9-15-12/h2-9H,1H3. The van der Waals surface area contributed by atoms with Gasteiger partial charge >= 0.3 is 0 Å². The second-order valence-corrected chi connectivity index (χ2v) is 5.68. The van der Waals surface area contributed by atoms with E-state index in [1.165, 1.54) is 22.7 Å². The minimum absolute atomic E-state index is 0.160. The number of carbonyl (C=O) groups is 1. The minimum atomic E-state index is -0.160. The largest absolute Gasteiger partial charge is 0.284 e. The summed E-state index contributed by atoms with van der Waals surface area (Å²) in [5.41, 5.74) is 3.78. The molecule has 2 heterocycles. The number of aromatic nitrogens is 2. The van der Waals surface area contributed by atoms with E-state index in [0.717, 1.165) is 11.4 Å². The van der Waals surface area contributed by atoms with Gasteiger partial charge in [-0.25, -0.2) is 9.97 Å². The number of thiazole rings is 2. The molecule has 0 unspecified atom stereocenters. The van der Waals surface area contributed by atoms with Gasteiger partial charge in [-0.3, -0.25) is 9.69 Å². The normalized spacial score (nSPS) is 10.4. The fraction of sp³-hybridized carbons (Fsp3) is 0.0714. The molecule has 0 aliphatic heterocycles. The monoisotopic (exact) mass is 301 g/mol. The molecule has 1 amide bonds. The number of amides is 1. The van der Waals surface area contributed by atoms with Crippen molar-refractivity contribution in [3.63, 3.8) is 0 Å². The number of carbonyl (C=O) groups excluding carboxylic acids is 1. The van der Waals surface area contributed by atoms with Crippen molar-refractivity contribution < 1.29 is 4.79 Å². The van der Waals surface area contributed by atoms with Crippen LogP contribution in [0.4, 0.5) is 10.8 Å². The topological polar surface area (TPSA) is 46.1 Å². The number of benzene rings is 1. The summed E-state index contributed by atoms with van der Waals surface area (Å²) in [7, 11) is 0. The number of anilines is 2. The molecule has 4 nitrogen and oxygen atoms in total. The van der Waals surface area contributed by atoms with E-state index in [2.05, 4.69) is 9.97 Å². The van der Waals surface area contributed by atoms with Gasteiger partial charge in [-0.05, 0) is 19.1 Å². The van der Waals surface area contributed by atoms with Gasteiger partial charge in [0.2, 0.25) is 0 Å². The average Bonchev–Trinajstić information content (AvgIpc) is 3.12. The Morgan fingerprint density at radius 3 is 2.60 bits per heavy atom. The molecule has 100 valence electrons. The van der Waals surface area contributed by atoms with E-state index in [1.54, 1.807) is 15.8 Å². The molecule has 0 aliphatic rings. The highest BCUT2D eigenvalue weighted by atomic mass is 32.1. The molecule has 0 saturated carbocycles. The Hall–Kier alpha value is -2.05. The van der Waals surface area contributed by atoms with Gasteiger partial charge < -0.3 is 0 Å². The van der Waals surface area contributed by atoms with Crippen LogP contribution in [0.25, 0.3) is 0 Å². The van der Waals surface area contributed by atoms with Crippen molar-refractivity contribution in [3.8, 4) is 0 Å². The lowest BCUT2D eigenvalue weighted by atomic mass is 10.3. The summed E-state index contributed by atoms with van der Waals surface area (Å²) in [5.74, 6) is -0.160. The molecule has 0 radical (unpaired) electrons. The predicted octanol–water partition coefficient (Wildman–Crippen LogP) is 3.89. The van der Waals surface area contributed by atoms with Crippen molar-refractivity contribution in [1.29, 1.82) is 0 Å². The van der Waals surface area contributed by atoms with Crippen molar-refractivity contribution in [2.24, 2.45) is 0 Å². The van der Waals surface area contributed by atoms with E-state index in [0.29, 0.717) is 10.8 Å². The van der Waals surface area contributed by atoms with Gasteiger partial charge in [-0.2, -0.15) is 0 Å². The first-order valence-corrected chi connectivity index (χ1v) is 7.78. The highest BCUT2D eigenvalue weighted by Crippen LogP contribution is 2.30. The van der Waals surface area contributed by atoms with E-state index in [9.17, 15) is 4.79 Å². The Morgan fingerprint density at radius 1 is 1.20 bits per heavy atom. The Bertz CT molecular complexity index is 707. The fourth-order valence-corrected chi connectivity index (χ4v) is 3.11. The van der Waals surface area contributed by atoms with Crippen LogP contribution in [0.5, 0.6) is 0 Å². The molecule has 0 bridgehead atoms. The fourth-order valence-electron chi connectivity index (χ4n) is 1.77. The molecule has 0 spiro atoms. The number of hydrogen-bond acceptors (Lipinski definition) is 5. The quantitative estimate of drug-likeness (QED) is 0.737. The minimum Gasteiger partial charge on any atom is -0.266 e. The van der Waals surface area contributed by atoms with Crippen LogP contribution < -0.4 is 4.90 Å². The van der Waals surface area contributed by atoms with Crippen LogP contribution in [0, 0.1) is 6.92 Å². The maximum atomic E-state index is 12.7. The van der Waals surface area contributed by atoms with Gasteiger partial charge in [0.1, 0.15) is 5.69 Å². The Labute approximate surface area is 124 Å². The average molecular weight is 301 g/mol. The Morgan fingerprint density at radius 2 is 2.00 bits per heavy atom. The zero-order chi connectivity index (χ0) is 13.9. The van der Waals surface area contributed by atoms with Crippen LogP contribution in [0.15, 0.2) is 46.6 Å². The number of rotatable bonds is 3. The van der Waals surface area contributed by atoms with Crippen LogP contribution in [-0.4, -0.2) is 15.9 Å². The molecule has 0 saturated heterocycles. The van der Waals surface area contributed by atoms with Gasteiger partial charge in [0.15, 0.2) is 5.13 Å². The van der Waals surface area contributed by atoms with Crippen molar-refractivity contribution >= 4 is 39.4 Å². The van der Waals surface area contributed by atoms with E-state index in [4.69, 9.17) is 0 Å². The molecule has 0 fully saturated rings. The summed E-state index contributed by atoms with van der Waals surface area (Å²) in [4.78, 5) is 22.8. The maximum absolute atomic E-state index is 12.7. The lowest BCUT2D eigenvalue weighted by Crippen LogP contribution is -2.26. The van der Waals surface area contributed by atoms with E-state index in [1.807, 2.05) is 42.6 Å². The van der Waals surface area contributed by atoms with E-state index in [-0.39, 0.29) is 5.91 Å². The van der Waals surface area contributed by atoms with E-state index < -0.39 is 0 Å². The van der Waals surface area contributed by atoms with Gasteiger partial charge in [0, 0.05) is 10.8 Å². The summed E-state index contributed by atoms with van der Waals surface area (Å²) in [6, 6.07) is 9.50. The smallest absolute Gasteiger partial charge is 0.266 e. The van der Waals surface area contributed by atoms with Crippen LogP contribution in [0.1, 0.15) is 16.2 Å². The first kappa shape index (κ1) is 13.0. The molecular formula is C14H11N3OS2. The van der Waals surface area contributed by atoms with Gasteiger partial charge in [-0.15, -0.1) is 22.7 Å². The van der Waals surface area contributed by atoms with Crippen LogP contribution >= 0.6 is 22.7 Å². The molecule has 2 aromatic heterocycles. The van der Waals surface area contributed by atoms with Crippen molar-refractivity contribution in [3.05, 3.63) is 58.0 Å². The molecule has 1 aromatic carbocycles. The zero-order valence-corrected chi connectivity index (χ0v) is 12.3. The SMILES string of the molecule is Cc1csc(N(C(=O)c2cscn2)c2ccccc2)n1. The number of hydrogen-bond donors (Lipinski definition) is 0. The summed E-state index contributed by atoms with van der Waals surface area (Å²) >= 11 is 2.85. The first-order valence-electron chi connectivity index (χ1n) is 5.95. The number of aryl methyl sites for hydroxylation is 1. The third-order valence-electron chi connectivity index (χ3n) is 2.67. The molecule has 0 atom stereocenters. The molecular weight excluding hydrogens is 290 g/mol. The van der Waals surface area contributed by atoms with Crippen LogP contribution in [0.3, 0.4) is 0 Å². The molecule has 0 aliphatic carbocycles.